The summed E-state index contributed by atoms with van der Waals surface area (Å²) in [7, 11) is 0. The Bertz CT molecular complexity index is 264. The molecular weight excluding hydrogens is 198 g/mol. The van der Waals surface area contributed by atoms with Crippen LogP contribution in [0.5, 0.6) is 0 Å². The summed E-state index contributed by atoms with van der Waals surface area (Å²) >= 11 is 0. The van der Waals surface area contributed by atoms with Crippen molar-refractivity contribution in [2.75, 3.05) is 0 Å². The van der Waals surface area contributed by atoms with Crippen molar-refractivity contribution in [3.05, 3.63) is 23.3 Å². The molecule has 0 heterocycles. The maximum atomic E-state index is 11.9. The van der Waals surface area contributed by atoms with Crippen molar-refractivity contribution < 1.29 is 26.3 Å². The van der Waals surface area contributed by atoms with Crippen LogP contribution < -0.4 is 0 Å². The predicted octanol–water partition coefficient (Wildman–Crippen LogP) is 3.37. The van der Waals surface area contributed by atoms with Crippen LogP contribution in [-0.2, 0) is 0 Å². The van der Waals surface area contributed by atoms with Gasteiger partial charge >= 0.3 is 12.4 Å². The molecule has 0 N–H and O–H groups in total. The lowest BCUT2D eigenvalue weighted by molar-refractivity contribution is -0.112. The highest BCUT2D eigenvalue weighted by molar-refractivity contribution is 5.39. The molecule has 0 bridgehead atoms. The van der Waals surface area contributed by atoms with Crippen molar-refractivity contribution in [2.45, 2.75) is 18.8 Å². The Hall–Kier alpha value is -0.940. The largest absolute Gasteiger partial charge is 0.416 e. The third-order valence-electron chi connectivity index (χ3n) is 1.58. The van der Waals surface area contributed by atoms with Crippen molar-refractivity contribution >= 4 is 0 Å². The minimum atomic E-state index is -4.92. The first-order chi connectivity index (χ1) is 5.73. The molecule has 0 saturated heterocycles. The molecule has 0 amide bonds. The third-order valence-corrected chi connectivity index (χ3v) is 1.58. The highest BCUT2D eigenvalue weighted by atomic mass is 19.4. The van der Waals surface area contributed by atoms with Gasteiger partial charge in [-0.05, 0) is 6.42 Å². The molecule has 0 aromatic heterocycles. The number of alkyl halides is 6. The van der Waals surface area contributed by atoms with Gasteiger partial charge in [-0.2, -0.15) is 26.3 Å². The topological polar surface area (TPSA) is 0 Å². The fraction of sp³-hybridized carbons (Fsp3) is 0.429. The van der Waals surface area contributed by atoms with Crippen molar-refractivity contribution in [1.82, 2.24) is 0 Å². The zero-order chi connectivity index (χ0) is 10.3. The molecule has 1 aliphatic carbocycles. The molecule has 0 saturated carbocycles. The summed E-state index contributed by atoms with van der Waals surface area (Å²) in [5, 5.41) is 0. The Morgan fingerprint density at radius 2 is 1.46 bits per heavy atom. The Morgan fingerprint density at radius 1 is 0.923 bits per heavy atom. The average Bonchev–Trinajstić information content (AvgIpc) is 2.27. The molecular formula is C7H4F6. The van der Waals surface area contributed by atoms with E-state index in [2.05, 4.69) is 0 Å². The van der Waals surface area contributed by atoms with Gasteiger partial charge in [-0.3, -0.25) is 0 Å². The lowest BCUT2D eigenvalue weighted by atomic mass is 10.1. The summed E-state index contributed by atoms with van der Waals surface area (Å²) in [5.74, 6) is 0. The van der Waals surface area contributed by atoms with Gasteiger partial charge in [0.1, 0.15) is 0 Å². The number of halogens is 6. The standard InChI is InChI=1S/C7H4F6/c8-6(9,10)4-2-1-3-5(4)7(11,12)13/h1-2H,3H2. The number of hydrogen-bond donors (Lipinski definition) is 0. The second kappa shape index (κ2) is 2.78. The van der Waals surface area contributed by atoms with Crippen molar-refractivity contribution in [2.24, 2.45) is 0 Å². The van der Waals surface area contributed by atoms with Crippen molar-refractivity contribution in [1.29, 1.82) is 0 Å². The summed E-state index contributed by atoms with van der Waals surface area (Å²) < 4.78 is 71.6. The highest BCUT2D eigenvalue weighted by Gasteiger charge is 2.45. The van der Waals surface area contributed by atoms with Crippen LogP contribution in [0.3, 0.4) is 0 Å². The number of allylic oxidation sites excluding steroid dienone is 4. The van der Waals surface area contributed by atoms with Gasteiger partial charge in [0.2, 0.25) is 0 Å². The van der Waals surface area contributed by atoms with Gasteiger partial charge in [-0.15, -0.1) is 0 Å². The summed E-state index contributed by atoms with van der Waals surface area (Å²) in [6.45, 7) is 0. The molecule has 0 unspecified atom stereocenters. The quantitative estimate of drug-likeness (QED) is 0.528. The normalized spacial score (nSPS) is 18.6. The van der Waals surface area contributed by atoms with Crippen LogP contribution in [-0.4, -0.2) is 12.4 Å². The zero-order valence-corrected chi connectivity index (χ0v) is 6.13. The fourth-order valence-electron chi connectivity index (χ4n) is 1.04. The summed E-state index contributed by atoms with van der Waals surface area (Å²) in [6.07, 6.45) is -9.20. The monoisotopic (exact) mass is 202 g/mol. The van der Waals surface area contributed by atoms with Crippen LogP contribution in [0.2, 0.25) is 0 Å². The molecule has 0 spiro atoms. The van der Waals surface area contributed by atoms with Gasteiger partial charge < -0.3 is 0 Å². The third kappa shape index (κ3) is 2.05. The first-order valence-corrected chi connectivity index (χ1v) is 3.27. The van der Waals surface area contributed by atoms with Gasteiger partial charge in [0, 0.05) is 5.57 Å². The molecule has 0 atom stereocenters. The number of rotatable bonds is 0. The van der Waals surface area contributed by atoms with E-state index in [4.69, 9.17) is 0 Å². The second-order valence-electron chi connectivity index (χ2n) is 2.49. The van der Waals surface area contributed by atoms with Gasteiger partial charge in [0.05, 0.1) is 5.57 Å². The van der Waals surface area contributed by atoms with Crippen LogP contribution in [0.4, 0.5) is 26.3 Å². The van der Waals surface area contributed by atoms with Gasteiger partial charge in [0.25, 0.3) is 0 Å². The van der Waals surface area contributed by atoms with E-state index in [0.29, 0.717) is 6.08 Å². The van der Waals surface area contributed by atoms with E-state index in [9.17, 15) is 26.3 Å². The lowest BCUT2D eigenvalue weighted by Gasteiger charge is -2.12. The van der Waals surface area contributed by atoms with Gasteiger partial charge in [-0.1, -0.05) is 12.2 Å². The SMILES string of the molecule is FC(F)(F)C1=C(C(F)(F)F)CC=C1. The summed E-state index contributed by atoms with van der Waals surface area (Å²) in [6, 6.07) is 0. The first-order valence-electron chi connectivity index (χ1n) is 3.27. The van der Waals surface area contributed by atoms with E-state index in [1.807, 2.05) is 0 Å². The fourth-order valence-corrected chi connectivity index (χ4v) is 1.04. The molecule has 1 rings (SSSR count). The van der Waals surface area contributed by atoms with Crippen LogP contribution in [0.25, 0.3) is 0 Å². The summed E-state index contributed by atoms with van der Waals surface area (Å²) in [5.41, 5.74) is -3.10. The second-order valence-corrected chi connectivity index (χ2v) is 2.49. The molecule has 0 fully saturated rings. The van der Waals surface area contributed by atoms with E-state index in [1.165, 1.54) is 0 Å². The van der Waals surface area contributed by atoms with E-state index < -0.39 is 29.9 Å². The Morgan fingerprint density at radius 3 is 1.77 bits per heavy atom. The minimum Gasteiger partial charge on any atom is -0.166 e. The smallest absolute Gasteiger partial charge is 0.166 e. The molecule has 74 valence electrons. The van der Waals surface area contributed by atoms with E-state index in [-0.39, 0.29) is 0 Å². The Labute approximate surface area is 69.5 Å². The Balaban J connectivity index is 3.10. The predicted molar refractivity (Wildman–Crippen MR) is 32.9 cm³/mol. The van der Waals surface area contributed by atoms with Crippen LogP contribution in [0.15, 0.2) is 23.3 Å². The molecule has 0 aromatic carbocycles. The first kappa shape index (κ1) is 10.1. The molecule has 0 nitrogen and oxygen atoms in total. The van der Waals surface area contributed by atoms with Crippen molar-refractivity contribution in [3.8, 4) is 0 Å². The van der Waals surface area contributed by atoms with E-state index in [1.54, 1.807) is 0 Å². The molecule has 1 aliphatic rings. The molecule has 6 heteroatoms. The maximum absolute atomic E-state index is 11.9. The molecule has 0 radical (unpaired) electrons. The summed E-state index contributed by atoms with van der Waals surface area (Å²) in [4.78, 5) is 0. The van der Waals surface area contributed by atoms with E-state index in [0.717, 1.165) is 6.08 Å². The van der Waals surface area contributed by atoms with Crippen LogP contribution >= 0.6 is 0 Å². The maximum Gasteiger partial charge on any atom is 0.416 e. The molecule has 0 aromatic rings. The highest BCUT2D eigenvalue weighted by Crippen LogP contribution is 2.41. The van der Waals surface area contributed by atoms with Gasteiger partial charge in [-0.25, -0.2) is 0 Å². The van der Waals surface area contributed by atoms with Gasteiger partial charge in [0.15, 0.2) is 0 Å². The van der Waals surface area contributed by atoms with E-state index >= 15 is 0 Å². The molecule has 13 heavy (non-hydrogen) atoms. The minimum absolute atomic E-state index is 0.461. The average molecular weight is 202 g/mol. The van der Waals surface area contributed by atoms with Crippen LogP contribution in [0, 0.1) is 0 Å². The van der Waals surface area contributed by atoms with Crippen LogP contribution in [0.1, 0.15) is 6.42 Å². The zero-order valence-electron chi connectivity index (χ0n) is 6.13. The van der Waals surface area contributed by atoms with Crippen molar-refractivity contribution in [3.63, 3.8) is 0 Å². The lowest BCUT2D eigenvalue weighted by Crippen LogP contribution is -2.19. The molecule has 0 aliphatic heterocycles. The Kier molecular flexibility index (Phi) is 2.17. The number of hydrogen-bond acceptors (Lipinski definition) is 0.